The molecule has 126 valence electrons. The minimum absolute atomic E-state index is 0.0595. The summed E-state index contributed by atoms with van der Waals surface area (Å²) in [4.78, 5) is 21.7. The highest BCUT2D eigenvalue weighted by Gasteiger charge is 2.24. The van der Waals surface area contributed by atoms with Gasteiger partial charge < -0.3 is 0 Å². The van der Waals surface area contributed by atoms with Crippen LogP contribution < -0.4 is 5.56 Å². The summed E-state index contributed by atoms with van der Waals surface area (Å²) in [5.74, 6) is 3.99. The molecule has 3 rings (SSSR count). The van der Waals surface area contributed by atoms with Crippen molar-refractivity contribution in [1.82, 2.24) is 14.5 Å². The monoisotopic (exact) mass is 350 g/mol. The van der Waals surface area contributed by atoms with E-state index >= 15 is 0 Å². The molecule has 0 bridgehead atoms. The van der Waals surface area contributed by atoms with Gasteiger partial charge in [0.2, 0.25) is 0 Å². The van der Waals surface area contributed by atoms with Gasteiger partial charge in [-0.25, -0.2) is 4.98 Å². The number of terminal acetylenes is 1. The number of nitrogens with zero attached hydrogens (tertiary/aromatic N) is 4. The first-order valence-corrected chi connectivity index (χ1v) is 8.98. The third-order valence-corrected chi connectivity index (χ3v) is 5.58. The Labute approximate surface area is 151 Å². The molecule has 0 saturated heterocycles. The van der Waals surface area contributed by atoms with Crippen molar-refractivity contribution in [2.24, 2.45) is 5.92 Å². The van der Waals surface area contributed by atoms with E-state index < -0.39 is 5.41 Å². The van der Waals surface area contributed by atoms with Crippen LogP contribution >= 0.6 is 11.8 Å². The predicted molar refractivity (Wildman–Crippen MR) is 98.2 cm³/mol. The van der Waals surface area contributed by atoms with E-state index in [0.29, 0.717) is 28.9 Å². The highest BCUT2D eigenvalue weighted by molar-refractivity contribution is 7.99. The van der Waals surface area contributed by atoms with Gasteiger partial charge in [-0.1, -0.05) is 24.6 Å². The van der Waals surface area contributed by atoms with Crippen molar-refractivity contribution in [3.8, 4) is 29.7 Å². The van der Waals surface area contributed by atoms with Crippen LogP contribution in [0.3, 0.4) is 0 Å². The van der Waals surface area contributed by atoms with E-state index in [9.17, 15) is 10.1 Å². The number of pyridine rings is 1. The summed E-state index contributed by atoms with van der Waals surface area (Å²) in [5.41, 5.74) is 1.09. The quantitative estimate of drug-likeness (QED) is 0.615. The highest BCUT2D eigenvalue weighted by Crippen LogP contribution is 2.29. The Hall–Kier alpha value is -2.57. The van der Waals surface area contributed by atoms with Gasteiger partial charge in [-0.05, 0) is 31.9 Å². The molecule has 25 heavy (non-hydrogen) atoms. The number of thioether (sulfide) groups is 1. The molecule has 2 aromatic rings. The molecule has 0 spiro atoms. The third kappa shape index (κ3) is 3.06. The fourth-order valence-electron chi connectivity index (χ4n) is 2.67. The summed E-state index contributed by atoms with van der Waals surface area (Å²) in [6.45, 7) is 6.50. The molecule has 0 aliphatic carbocycles. The molecule has 0 N–H and O–H groups in total. The van der Waals surface area contributed by atoms with Gasteiger partial charge in [-0.15, -0.1) is 6.42 Å². The fraction of sp³-hybridized carbons (Fsp3) is 0.368. The molecular formula is C19H18N4OS. The lowest BCUT2D eigenvalue weighted by Crippen LogP contribution is -2.32. The zero-order chi connectivity index (χ0) is 18.2. The second-order valence-electron chi connectivity index (χ2n) is 6.76. The molecule has 3 heterocycles. The number of fused-ring (bicyclic) bond motifs is 1. The molecule has 6 heteroatoms. The molecular weight excluding hydrogens is 332 g/mol. The lowest BCUT2D eigenvalue weighted by molar-refractivity contribution is 0.460. The molecule has 0 fully saturated rings. The van der Waals surface area contributed by atoms with Crippen LogP contribution in [0.1, 0.15) is 32.0 Å². The summed E-state index contributed by atoms with van der Waals surface area (Å²) in [6, 6.07) is 5.66. The molecule has 1 unspecified atom stereocenters. The highest BCUT2D eigenvalue weighted by atomic mass is 32.2. The summed E-state index contributed by atoms with van der Waals surface area (Å²) in [5, 5.41) is 10.2. The van der Waals surface area contributed by atoms with Crippen LogP contribution in [0.5, 0.6) is 0 Å². The van der Waals surface area contributed by atoms with E-state index in [4.69, 9.17) is 6.42 Å². The summed E-state index contributed by atoms with van der Waals surface area (Å²) >= 11 is 1.55. The van der Waals surface area contributed by atoms with E-state index in [-0.39, 0.29) is 11.1 Å². The van der Waals surface area contributed by atoms with Crippen LogP contribution in [0.15, 0.2) is 28.3 Å². The second kappa shape index (κ2) is 6.38. The van der Waals surface area contributed by atoms with Crippen molar-refractivity contribution in [2.75, 3.05) is 5.75 Å². The Bertz CT molecular complexity index is 961. The number of rotatable bonds is 2. The van der Waals surface area contributed by atoms with Crippen molar-refractivity contribution in [2.45, 2.75) is 37.9 Å². The number of aromatic nitrogens is 3. The van der Waals surface area contributed by atoms with Crippen LogP contribution in [-0.2, 0) is 12.0 Å². The van der Waals surface area contributed by atoms with E-state index in [1.165, 1.54) is 0 Å². The van der Waals surface area contributed by atoms with E-state index in [1.807, 2.05) is 32.0 Å². The maximum Gasteiger partial charge on any atom is 0.272 e. The third-order valence-electron chi connectivity index (χ3n) is 4.28. The van der Waals surface area contributed by atoms with Crippen molar-refractivity contribution in [3.63, 3.8) is 0 Å². The minimum atomic E-state index is -0.481. The van der Waals surface area contributed by atoms with Crippen LogP contribution in [0.2, 0.25) is 0 Å². The molecule has 0 amide bonds. The number of nitriles is 1. The summed E-state index contributed by atoms with van der Waals surface area (Å²) in [6.07, 6.45) is 7.18. The second-order valence-corrected chi connectivity index (χ2v) is 7.75. The number of hydrogen-bond acceptors (Lipinski definition) is 5. The molecule has 2 aromatic heterocycles. The van der Waals surface area contributed by atoms with Gasteiger partial charge in [0.05, 0.1) is 16.8 Å². The molecule has 5 nitrogen and oxygen atoms in total. The van der Waals surface area contributed by atoms with E-state index in [1.54, 1.807) is 22.5 Å². The van der Waals surface area contributed by atoms with E-state index in [2.05, 4.69) is 22.8 Å². The van der Waals surface area contributed by atoms with Crippen molar-refractivity contribution in [3.05, 3.63) is 39.9 Å². The molecule has 0 aromatic carbocycles. The van der Waals surface area contributed by atoms with Gasteiger partial charge in [0.1, 0.15) is 11.6 Å². The molecule has 1 aliphatic rings. The van der Waals surface area contributed by atoms with E-state index in [0.717, 1.165) is 11.4 Å². The zero-order valence-electron chi connectivity index (χ0n) is 14.4. The van der Waals surface area contributed by atoms with Gasteiger partial charge in [0.15, 0.2) is 5.16 Å². The van der Waals surface area contributed by atoms with Gasteiger partial charge in [-0.2, -0.15) is 5.26 Å². The largest absolute Gasteiger partial charge is 0.286 e. The Balaban J connectivity index is 2.13. The van der Waals surface area contributed by atoms with Crippen LogP contribution in [0.25, 0.3) is 11.3 Å². The first kappa shape index (κ1) is 17.3. The molecule has 1 atom stereocenters. The van der Waals surface area contributed by atoms with Crippen LogP contribution in [0.4, 0.5) is 0 Å². The van der Waals surface area contributed by atoms with Crippen molar-refractivity contribution in [1.29, 1.82) is 5.26 Å². The van der Waals surface area contributed by atoms with Gasteiger partial charge in [-0.3, -0.25) is 14.3 Å². The lowest BCUT2D eigenvalue weighted by Gasteiger charge is -2.23. The molecule has 1 aliphatic heterocycles. The first-order valence-electron chi connectivity index (χ1n) is 7.99. The van der Waals surface area contributed by atoms with Crippen molar-refractivity contribution >= 4 is 11.8 Å². The number of hydrogen-bond donors (Lipinski definition) is 0. The lowest BCUT2D eigenvalue weighted by atomic mass is 9.89. The predicted octanol–water partition coefficient (Wildman–Crippen LogP) is 2.83. The smallest absolute Gasteiger partial charge is 0.272 e. The SMILES string of the molecule is C#CC(C)(C)c1ccc(-c2nc3n(c(=O)c2C#N)CC(C)CS3)cn1. The van der Waals surface area contributed by atoms with Crippen LogP contribution in [0, 0.1) is 29.6 Å². The van der Waals surface area contributed by atoms with Crippen LogP contribution in [-0.4, -0.2) is 20.3 Å². The maximum absolute atomic E-state index is 12.7. The Morgan fingerprint density at radius 3 is 2.80 bits per heavy atom. The van der Waals surface area contributed by atoms with Crippen molar-refractivity contribution < 1.29 is 0 Å². The summed E-state index contributed by atoms with van der Waals surface area (Å²) in [7, 11) is 0. The van der Waals surface area contributed by atoms with Gasteiger partial charge in [0, 0.05) is 24.1 Å². The minimum Gasteiger partial charge on any atom is -0.286 e. The Kier molecular flexibility index (Phi) is 4.41. The fourth-order valence-corrected chi connectivity index (χ4v) is 3.68. The van der Waals surface area contributed by atoms with Gasteiger partial charge in [0.25, 0.3) is 5.56 Å². The summed E-state index contributed by atoms with van der Waals surface area (Å²) < 4.78 is 1.60. The average Bonchev–Trinajstić information content (AvgIpc) is 2.62. The average molecular weight is 350 g/mol. The van der Waals surface area contributed by atoms with Gasteiger partial charge >= 0.3 is 0 Å². The molecule has 0 radical (unpaired) electrons. The normalized spacial score (nSPS) is 16.6. The molecule has 0 saturated carbocycles. The maximum atomic E-state index is 12.7. The Morgan fingerprint density at radius 2 is 2.20 bits per heavy atom. The zero-order valence-corrected chi connectivity index (χ0v) is 15.2. The Morgan fingerprint density at radius 1 is 1.44 bits per heavy atom. The first-order chi connectivity index (χ1) is 11.9. The topological polar surface area (TPSA) is 71.6 Å². The standard InChI is InChI=1S/C19H18N4OS/c1-5-19(3,4)15-7-6-13(9-21-15)16-14(8-20)17(24)23-10-12(2)11-25-18(23)22-16/h1,6-7,9,12H,10-11H2,2-4H3.